The van der Waals surface area contributed by atoms with Crippen molar-refractivity contribution in [3.63, 3.8) is 0 Å². The largest absolute Gasteiger partial charge is 0.497 e. The fourth-order valence-electron chi connectivity index (χ4n) is 1.49. The number of nitrogens with zero attached hydrogens (tertiary/aromatic N) is 2. The lowest BCUT2D eigenvalue weighted by Crippen LogP contribution is -2.13. The van der Waals surface area contributed by atoms with Crippen LogP contribution in [-0.2, 0) is 14.8 Å². The van der Waals surface area contributed by atoms with Crippen LogP contribution in [0.5, 0.6) is 5.75 Å². The van der Waals surface area contributed by atoms with Crippen molar-refractivity contribution in [2.45, 2.75) is 4.34 Å². The van der Waals surface area contributed by atoms with Crippen LogP contribution in [-0.4, -0.2) is 43.6 Å². The van der Waals surface area contributed by atoms with Crippen molar-refractivity contribution in [3.8, 4) is 5.75 Å². The average molecular weight is 374 g/mol. The minimum Gasteiger partial charge on any atom is -0.497 e. The van der Waals surface area contributed by atoms with Gasteiger partial charge in [0.2, 0.25) is 21.1 Å². The number of benzene rings is 1. The Bertz CT molecular complexity index is 791. The molecule has 0 aliphatic heterocycles. The summed E-state index contributed by atoms with van der Waals surface area (Å²) in [7, 11) is -1.83. The lowest BCUT2D eigenvalue weighted by Gasteiger charge is -2.06. The molecule has 0 aliphatic rings. The molecule has 0 aliphatic carbocycles. The van der Waals surface area contributed by atoms with Gasteiger partial charge in [0.25, 0.3) is 0 Å². The van der Waals surface area contributed by atoms with Gasteiger partial charge in [0, 0.05) is 11.8 Å². The van der Waals surface area contributed by atoms with Crippen LogP contribution in [0.15, 0.2) is 28.6 Å². The van der Waals surface area contributed by atoms with Crippen LogP contribution in [0.25, 0.3) is 0 Å². The van der Waals surface area contributed by atoms with Crippen LogP contribution in [0, 0.1) is 0 Å². The Kier molecular flexibility index (Phi) is 5.80. The highest BCUT2D eigenvalue weighted by Crippen LogP contribution is 2.26. The summed E-state index contributed by atoms with van der Waals surface area (Å²) >= 11 is 2.24. The molecule has 0 radical (unpaired) electrons. The second kappa shape index (κ2) is 7.62. The first kappa shape index (κ1) is 17.5. The summed E-state index contributed by atoms with van der Waals surface area (Å²) in [5.74, 6) is 0.567. The van der Waals surface area contributed by atoms with Gasteiger partial charge < -0.3 is 10.1 Å². The first-order chi connectivity index (χ1) is 10.9. The zero-order valence-electron chi connectivity index (χ0n) is 12.3. The van der Waals surface area contributed by atoms with Crippen LogP contribution in [0.3, 0.4) is 0 Å². The molecule has 0 saturated carbocycles. The predicted octanol–water partition coefficient (Wildman–Crippen LogP) is 1.65. The molecule has 0 unspecified atom stereocenters. The minimum absolute atomic E-state index is 0.130. The number of hydrogen-bond acceptors (Lipinski definition) is 8. The first-order valence-corrected chi connectivity index (χ1v) is 9.93. The number of thioether (sulfide) groups is 1. The third-order valence-corrected chi connectivity index (χ3v) is 5.02. The molecular weight excluding hydrogens is 360 g/mol. The van der Waals surface area contributed by atoms with Crippen LogP contribution < -0.4 is 14.8 Å². The van der Waals surface area contributed by atoms with Crippen molar-refractivity contribution in [2.24, 2.45) is 0 Å². The SMILES string of the molecule is COc1cccc(NC(=O)CSc2nnc(NS(C)(=O)=O)s2)c1. The minimum atomic E-state index is -3.38. The quantitative estimate of drug-likeness (QED) is 0.709. The number of carbonyl (C=O) groups excluding carboxylic acids is 1. The Morgan fingerprint density at radius 1 is 1.39 bits per heavy atom. The summed E-state index contributed by atoms with van der Waals surface area (Å²) in [5, 5.41) is 10.4. The highest BCUT2D eigenvalue weighted by molar-refractivity contribution is 8.01. The van der Waals surface area contributed by atoms with Gasteiger partial charge in [-0.1, -0.05) is 29.2 Å². The van der Waals surface area contributed by atoms with Crippen molar-refractivity contribution in [1.82, 2.24) is 10.2 Å². The number of amides is 1. The number of anilines is 2. The zero-order valence-corrected chi connectivity index (χ0v) is 14.7. The molecule has 8 nitrogen and oxygen atoms in total. The molecule has 124 valence electrons. The normalized spacial score (nSPS) is 11.0. The Labute approximate surface area is 141 Å². The van der Waals surface area contributed by atoms with E-state index in [2.05, 4.69) is 20.2 Å². The maximum absolute atomic E-state index is 11.9. The van der Waals surface area contributed by atoms with E-state index in [1.165, 1.54) is 11.8 Å². The highest BCUT2D eigenvalue weighted by atomic mass is 32.2. The molecule has 1 amide bonds. The topological polar surface area (TPSA) is 110 Å². The number of nitrogens with one attached hydrogen (secondary N) is 2. The molecule has 1 aromatic heterocycles. The first-order valence-electron chi connectivity index (χ1n) is 6.24. The van der Waals surface area contributed by atoms with E-state index < -0.39 is 10.0 Å². The molecule has 23 heavy (non-hydrogen) atoms. The van der Waals surface area contributed by atoms with E-state index in [0.717, 1.165) is 17.6 Å². The predicted molar refractivity (Wildman–Crippen MR) is 90.7 cm³/mol. The molecule has 2 rings (SSSR count). The van der Waals surface area contributed by atoms with Gasteiger partial charge in [-0.25, -0.2) is 8.42 Å². The Morgan fingerprint density at radius 3 is 2.87 bits per heavy atom. The van der Waals surface area contributed by atoms with E-state index in [0.29, 0.717) is 15.8 Å². The highest BCUT2D eigenvalue weighted by Gasteiger charge is 2.11. The van der Waals surface area contributed by atoms with Gasteiger partial charge in [-0.3, -0.25) is 9.52 Å². The van der Waals surface area contributed by atoms with Crippen LogP contribution in [0.2, 0.25) is 0 Å². The van der Waals surface area contributed by atoms with Gasteiger partial charge in [-0.15, -0.1) is 10.2 Å². The molecule has 1 heterocycles. The summed E-state index contributed by atoms with van der Waals surface area (Å²) in [5.41, 5.74) is 0.631. The van der Waals surface area contributed by atoms with Gasteiger partial charge in [0.1, 0.15) is 5.75 Å². The Hall–Kier alpha value is -1.85. The summed E-state index contributed by atoms with van der Waals surface area (Å²) in [6, 6.07) is 7.02. The monoisotopic (exact) mass is 374 g/mol. The molecule has 0 saturated heterocycles. The van der Waals surface area contributed by atoms with Crippen LogP contribution in [0.4, 0.5) is 10.8 Å². The van der Waals surface area contributed by atoms with E-state index in [4.69, 9.17) is 4.74 Å². The fraction of sp³-hybridized carbons (Fsp3) is 0.250. The van der Waals surface area contributed by atoms with Gasteiger partial charge >= 0.3 is 0 Å². The molecule has 1 aromatic carbocycles. The van der Waals surface area contributed by atoms with Crippen LogP contribution >= 0.6 is 23.1 Å². The van der Waals surface area contributed by atoms with E-state index in [-0.39, 0.29) is 16.8 Å². The van der Waals surface area contributed by atoms with Crippen molar-refractivity contribution in [1.29, 1.82) is 0 Å². The Balaban J connectivity index is 1.87. The van der Waals surface area contributed by atoms with Gasteiger partial charge in [-0.2, -0.15) is 0 Å². The number of rotatable bonds is 7. The zero-order chi connectivity index (χ0) is 16.9. The van der Waals surface area contributed by atoms with Gasteiger partial charge in [-0.05, 0) is 12.1 Å². The summed E-state index contributed by atoms with van der Waals surface area (Å²) in [4.78, 5) is 11.9. The molecule has 0 atom stereocenters. The van der Waals surface area contributed by atoms with Crippen LogP contribution in [0.1, 0.15) is 0 Å². The molecule has 0 spiro atoms. The van der Waals surface area contributed by atoms with Crippen molar-refractivity contribution in [2.75, 3.05) is 29.2 Å². The second-order valence-corrected chi connectivity index (χ2v) is 8.26. The number of ether oxygens (including phenoxy) is 1. The Morgan fingerprint density at radius 2 is 2.17 bits per heavy atom. The second-order valence-electron chi connectivity index (χ2n) is 4.32. The number of aromatic nitrogens is 2. The molecule has 11 heteroatoms. The van der Waals surface area contributed by atoms with Crippen molar-refractivity contribution < 1.29 is 17.9 Å². The van der Waals surface area contributed by atoms with Gasteiger partial charge in [0.05, 0.1) is 19.1 Å². The standard InChI is InChI=1S/C12H14N4O4S3/c1-20-9-5-3-4-8(6-9)13-10(17)7-21-12-15-14-11(22-12)16-23(2,18)19/h3-6H,7H2,1-2H3,(H,13,17)(H,14,16). The molecule has 0 bridgehead atoms. The van der Waals surface area contributed by atoms with Crippen molar-refractivity contribution >= 4 is 49.8 Å². The van der Waals surface area contributed by atoms with Crippen molar-refractivity contribution in [3.05, 3.63) is 24.3 Å². The number of hydrogen-bond donors (Lipinski definition) is 2. The summed E-state index contributed by atoms with van der Waals surface area (Å²) in [6.07, 6.45) is 1.03. The third kappa shape index (κ3) is 6.04. The maximum Gasteiger partial charge on any atom is 0.234 e. The van der Waals surface area contributed by atoms with E-state index in [1.807, 2.05) is 0 Å². The summed E-state index contributed by atoms with van der Waals surface area (Å²) in [6.45, 7) is 0. The lowest BCUT2D eigenvalue weighted by molar-refractivity contribution is -0.113. The number of methoxy groups -OCH3 is 1. The van der Waals surface area contributed by atoms with Gasteiger partial charge in [0.15, 0.2) is 4.34 Å². The average Bonchev–Trinajstić information content (AvgIpc) is 2.91. The van der Waals surface area contributed by atoms with E-state index in [9.17, 15) is 13.2 Å². The molecule has 0 fully saturated rings. The smallest absolute Gasteiger partial charge is 0.234 e. The lowest BCUT2D eigenvalue weighted by atomic mass is 10.3. The van der Waals surface area contributed by atoms with E-state index in [1.54, 1.807) is 31.4 Å². The number of sulfonamides is 1. The number of carbonyl (C=O) groups is 1. The molecule has 2 aromatic rings. The third-order valence-electron chi connectivity index (χ3n) is 2.36. The molecular formula is C12H14N4O4S3. The summed E-state index contributed by atoms with van der Waals surface area (Å²) < 4.78 is 30.0. The fourth-order valence-corrected chi connectivity index (χ4v) is 3.88. The maximum atomic E-state index is 11.9. The van der Waals surface area contributed by atoms with E-state index >= 15 is 0 Å². The molecule has 2 N–H and O–H groups in total.